The van der Waals surface area contributed by atoms with Crippen molar-refractivity contribution in [2.45, 2.75) is 0 Å². The summed E-state index contributed by atoms with van der Waals surface area (Å²) in [6.45, 7) is 0. The van der Waals surface area contributed by atoms with Crippen LogP contribution in [0.1, 0.15) is 0 Å². The average Bonchev–Trinajstić information content (AvgIpc) is 1.12. The third-order valence-electron chi connectivity index (χ3n) is 0. The highest BCUT2D eigenvalue weighted by Gasteiger charge is 2.22. The normalized spacial score (nSPS) is 9.92. The van der Waals surface area contributed by atoms with Crippen molar-refractivity contribution >= 4 is 39.9 Å². The topological polar surface area (TPSA) is 190 Å². The first kappa shape index (κ1) is 23.1. The lowest BCUT2D eigenvalue weighted by Crippen LogP contribution is -2.33. The summed E-state index contributed by atoms with van der Waals surface area (Å²) in [5, 5.41) is 0. The third-order valence-corrected chi connectivity index (χ3v) is 0. The molecule has 0 saturated carbocycles. The minimum Gasteiger partial charge on any atom is -0.412 e. The zero-order valence-electron chi connectivity index (χ0n) is 4.99. The number of rotatable bonds is 0. The molecule has 0 unspecified atom stereocenters. The number of hydrogen-bond acceptors (Lipinski definition) is 5. The molecule has 0 aliphatic rings. The molecule has 0 fully saturated rings. The van der Waals surface area contributed by atoms with Crippen molar-refractivity contribution in [3.8, 4) is 0 Å². The Balaban J connectivity index is -0.0000000457. The van der Waals surface area contributed by atoms with Crippen LogP contribution in [0.3, 0.4) is 0 Å². The summed E-state index contributed by atoms with van der Waals surface area (Å²) < 4.78 is 8.88. The van der Waals surface area contributed by atoms with E-state index in [0.29, 0.717) is 0 Å². The van der Waals surface area contributed by atoms with E-state index in [9.17, 15) is 0 Å². The molecule has 0 rings (SSSR count). The Bertz CT molecular complexity index is 107. The van der Waals surface area contributed by atoms with Crippen molar-refractivity contribution in [2.75, 3.05) is 0 Å². The van der Waals surface area contributed by atoms with Crippen LogP contribution in [0.15, 0.2) is 0 Å². The van der Waals surface area contributed by atoms with Crippen LogP contribution in [0.5, 0.6) is 0 Å². The van der Waals surface area contributed by atoms with Gasteiger partial charge in [0.1, 0.15) is 0 Å². The molecule has 0 aliphatic carbocycles. The van der Waals surface area contributed by atoms with Crippen LogP contribution in [0, 0.1) is 0 Å². The molecular weight excluding hydrogens is 227 g/mol. The second kappa shape index (κ2) is 8.49. The molecule has 9 nitrogen and oxygen atoms in total. The maximum Gasteiger partial charge on any atom is 0.668 e. The monoisotopic (exact) mass is 238 g/mol. The van der Waals surface area contributed by atoms with E-state index in [-0.39, 0.29) is 28.5 Å². The van der Waals surface area contributed by atoms with Crippen LogP contribution in [0.2, 0.25) is 0 Å². The van der Waals surface area contributed by atoms with Gasteiger partial charge in [0.05, 0.1) is 0 Å². The van der Waals surface area contributed by atoms with Crippen LogP contribution in [-0.2, 0) is 4.57 Å². The van der Waals surface area contributed by atoms with Gasteiger partial charge in [0.25, 0.3) is 0 Å². The second-order valence-electron chi connectivity index (χ2n) is 1.11. The van der Waals surface area contributed by atoms with E-state index < -0.39 is 16.9 Å². The molecular formula is H11MgO9PSi. The minimum absolute atomic E-state index is 0. The van der Waals surface area contributed by atoms with Crippen LogP contribution < -0.4 is 0 Å². The highest BCUT2D eigenvalue weighted by atomic mass is 31.2. The maximum atomic E-state index is 8.88. The van der Waals surface area contributed by atoms with Crippen molar-refractivity contribution in [1.82, 2.24) is 0 Å². The predicted octanol–water partition coefficient (Wildman–Crippen LogP) is -5.28. The standard InChI is InChI=1S/Mg.H3O4P.H4O4Si.H2O.2H/c;2*1-5(2,3)4;;;/h;(H3,1,2,3,4);1-4H;1H2;;. The zero-order valence-corrected chi connectivity index (χ0v) is 6.88. The van der Waals surface area contributed by atoms with Gasteiger partial charge >= 0.3 is 39.9 Å². The molecule has 0 atom stereocenters. The molecule has 0 spiro atoms. The Morgan fingerprint density at radius 3 is 0.917 bits per heavy atom. The van der Waals surface area contributed by atoms with E-state index in [0.717, 1.165) is 0 Å². The Morgan fingerprint density at radius 2 is 0.917 bits per heavy atom. The molecule has 0 bridgehead atoms. The first-order chi connectivity index (χ1) is 4.00. The summed E-state index contributed by atoms with van der Waals surface area (Å²) in [6.07, 6.45) is 0. The fourth-order valence-corrected chi connectivity index (χ4v) is 0. The van der Waals surface area contributed by atoms with Gasteiger partial charge in [-0.3, -0.25) is 0 Å². The minimum atomic E-state index is -4.64. The number of phosphoric acid groups is 1. The van der Waals surface area contributed by atoms with E-state index in [1.165, 1.54) is 0 Å². The van der Waals surface area contributed by atoms with Crippen LogP contribution in [0.25, 0.3) is 0 Å². The van der Waals surface area contributed by atoms with Gasteiger partial charge < -0.3 is 39.3 Å². The molecule has 12 heteroatoms. The average molecular weight is 238 g/mol. The first-order valence-corrected chi connectivity index (χ1v) is 5.03. The summed E-state index contributed by atoms with van der Waals surface area (Å²) in [5.74, 6) is 0. The van der Waals surface area contributed by atoms with Gasteiger partial charge in [-0.25, -0.2) is 4.57 Å². The molecule has 76 valence electrons. The van der Waals surface area contributed by atoms with Crippen molar-refractivity contribution in [1.29, 1.82) is 0 Å². The van der Waals surface area contributed by atoms with Crippen LogP contribution >= 0.6 is 7.82 Å². The van der Waals surface area contributed by atoms with E-state index in [1.807, 2.05) is 0 Å². The molecule has 12 heavy (non-hydrogen) atoms. The van der Waals surface area contributed by atoms with Crippen molar-refractivity contribution in [3.05, 3.63) is 0 Å². The quantitative estimate of drug-likeness (QED) is 0.161. The van der Waals surface area contributed by atoms with Crippen molar-refractivity contribution in [3.63, 3.8) is 0 Å². The molecule has 9 N–H and O–H groups in total. The highest BCUT2D eigenvalue weighted by molar-refractivity contribution is 7.45. The fraction of sp³-hybridized carbons (Fsp3) is 0. The van der Waals surface area contributed by atoms with E-state index in [1.54, 1.807) is 0 Å². The lowest BCUT2D eigenvalue weighted by molar-refractivity contribution is 0.117. The lowest BCUT2D eigenvalue weighted by Gasteiger charge is -1.91. The molecule has 0 amide bonds. The van der Waals surface area contributed by atoms with E-state index >= 15 is 0 Å². The summed E-state index contributed by atoms with van der Waals surface area (Å²) in [6, 6.07) is 0. The van der Waals surface area contributed by atoms with E-state index in [4.69, 9.17) is 38.4 Å². The summed E-state index contributed by atoms with van der Waals surface area (Å²) >= 11 is 0. The molecule has 0 aromatic carbocycles. The van der Waals surface area contributed by atoms with Gasteiger partial charge in [-0.1, -0.05) is 0 Å². The molecule has 0 aromatic heterocycles. The predicted molar refractivity (Wildman–Crippen MR) is 41.0 cm³/mol. The largest absolute Gasteiger partial charge is 0.668 e. The molecule has 0 heterocycles. The third kappa shape index (κ3) is 1340. The van der Waals surface area contributed by atoms with Crippen molar-refractivity contribution < 1.29 is 43.9 Å². The van der Waals surface area contributed by atoms with Crippen LogP contribution in [-0.4, -0.2) is 71.4 Å². The smallest absolute Gasteiger partial charge is 0.412 e. The van der Waals surface area contributed by atoms with Gasteiger partial charge in [0.15, 0.2) is 0 Å². The van der Waals surface area contributed by atoms with Crippen molar-refractivity contribution in [2.24, 2.45) is 0 Å². The number of hydrogen-bond donors (Lipinski definition) is 7. The fourth-order valence-electron chi connectivity index (χ4n) is 0. The van der Waals surface area contributed by atoms with Gasteiger partial charge in [0.2, 0.25) is 0 Å². The highest BCUT2D eigenvalue weighted by Crippen LogP contribution is 2.25. The Hall–Kier alpha value is 0.893. The molecule has 0 radical (unpaired) electrons. The SMILES string of the molecule is O.O=P(O)(O)O.O[Si](O)(O)O.[MgH2]. The van der Waals surface area contributed by atoms with Gasteiger partial charge in [-0.15, -0.1) is 0 Å². The zero-order chi connectivity index (χ0) is 9.00. The second-order valence-corrected chi connectivity index (χ2v) is 3.34. The summed E-state index contributed by atoms with van der Waals surface area (Å²) in [5.41, 5.74) is 0. The Morgan fingerprint density at radius 1 is 0.917 bits per heavy atom. The lowest BCUT2D eigenvalue weighted by atomic mass is 15.7. The summed E-state index contributed by atoms with van der Waals surface area (Å²) in [7, 11) is -9.25. The maximum absolute atomic E-state index is 8.88. The van der Waals surface area contributed by atoms with Gasteiger partial charge in [-0.2, -0.15) is 0 Å². The Kier molecular flexibility index (Phi) is 16.3. The molecule has 0 saturated heterocycles. The molecule has 0 aliphatic heterocycles. The molecule has 0 aromatic rings. The van der Waals surface area contributed by atoms with Gasteiger partial charge in [-0.05, 0) is 0 Å². The first-order valence-electron chi connectivity index (χ1n) is 1.68. The van der Waals surface area contributed by atoms with E-state index in [2.05, 4.69) is 0 Å². The van der Waals surface area contributed by atoms with Gasteiger partial charge in [0, 0.05) is 0 Å². The van der Waals surface area contributed by atoms with Crippen LogP contribution in [0.4, 0.5) is 0 Å². The summed E-state index contributed by atoms with van der Waals surface area (Å²) in [4.78, 5) is 50.9. The Labute approximate surface area is 84.1 Å².